The highest BCUT2D eigenvalue weighted by Crippen LogP contribution is 2.35. The largest absolute Gasteiger partial charge is 0.378 e. The number of ether oxygens (including phenoxy) is 1. The predicted molar refractivity (Wildman–Crippen MR) is 83.4 cm³/mol. The van der Waals surface area contributed by atoms with Gasteiger partial charge in [0.1, 0.15) is 0 Å². The number of hydrogen-bond acceptors (Lipinski definition) is 2. The number of rotatable bonds is 7. The lowest BCUT2D eigenvalue weighted by molar-refractivity contribution is -0.0493. The van der Waals surface area contributed by atoms with Crippen LogP contribution in [0.1, 0.15) is 60.8 Å². The van der Waals surface area contributed by atoms with E-state index in [0.717, 1.165) is 30.9 Å². The van der Waals surface area contributed by atoms with Crippen LogP contribution in [0.5, 0.6) is 0 Å². The highest BCUT2D eigenvalue weighted by atomic mass is 16.5. The van der Waals surface area contributed by atoms with Crippen LogP contribution < -0.4 is 5.32 Å². The van der Waals surface area contributed by atoms with Crippen molar-refractivity contribution in [2.75, 3.05) is 13.2 Å². The van der Waals surface area contributed by atoms with Crippen molar-refractivity contribution in [3.63, 3.8) is 0 Å². The summed E-state index contributed by atoms with van der Waals surface area (Å²) in [4.78, 5) is 0. The average Bonchev–Trinajstić information content (AvgIpc) is 2.33. The minimum Gasteiger partial charge on any atom is -0.378 e. The molecule has 1 aliphatic rings. The molecule has 2 heteroatoms. The first kappa shape index (κ1) is 17.0. The second-order valence-electron chi connectivity index (χ2n) is 7.37. The van der Waals surface area contributed by atoms with E-state index < -0.39 is 0 Å². The van der Waals surface area contributed by atoms with Crippen molar-refractivity contribution in [2.24, 2.45) is 23.7 Å². The number of nitrogens with one attached hydrogen (secondary N) is 1. The first-order chi connectivity index (χ1) is 8.90. The van der Waals surface area contributed by atoms with Crippen LogP contribution in [-0.2, 0) is 4.74 Å². The molecular weight excluding hydrogens is 234 g/mol. The Labute approximate surface area is 120 Å². The molecule has 114 valence electrons. The van der Waals surface area contributed by atoms with E-state index in [2.05, 4.69) is 46.9 Å². The molecule has 0 heterocycles. The SMILES string of the molecule is CC(CNC(C)C)COC1CC(C)CCC1C(C)C. The summed E-state index contributed by atoms with van der Waals surface area (Å²) in [5.41, 5.74) is 0. The van der Waals surface area contributed by atoms with E-state index in [1.807, 2.05) is 0 Å². The standard InChI is InChI=1S/C17H35NO/c1-12(2)16-8-7-14(5)9-17(16)19-11-15(6)10-18-13(3)4/h12-18H,7-11H2,1-6H3. The van der Waals surface area contributed by atoms with Gasteiger partial charge < -0.3 is 10.1 Å². The Bertz CT molecular complexity index is 239. The van der Waals surface area contributed by atoms with E-state index in [4.69, 9.17) is 4.74 Å². The quantitative estimate of drug-likeness (QED) is 0.751. The molecule has 1 aliphatic carbocycles. The van der Waals surface area contributed by atoms with Crippen molar-refractivity contribution in [3.05, 3.63) is 0 Å². The maximum Gasteiger partial charge on any atom is 0.0608 e. The molecule has 0 spiro atoms. The van der Waals surface area contributed by atoms with Gasteiger partial charge in [0.15, 0.2) is 0 Å². The van der Waals surface area contributed by atoms with Crippen LogP contribution in [-0.4, -0.2) is 25.3 Å². The fraction of sp³-hybridized carbons (Fsp3) is 1.00. The van der Waals surface area contributed by atoms with Crippen LogP contribution >= 0.6 is 0 Å². The fourth-order valence-corrected chi connectivity index (χ4v) is 3.09. The van der Waals surface area contributed by atoms with Crippen LogP contribution in [0.15, 0.2) is 0 Å². The average molecular weight is 269 g/mol. The minimum atomic E-state index is 0.491. The van der Waals surface area contributed by atoms with Gasteiger partial charge >= 0.3 is 0 Å². The van der Waals surface area contributed by atoms with E-state index in [-0.39, 0.29) is 0 Å². The molecule has 4 atom stereocenters. The Balaban J connectivity index is 2.35. The van der Waals surface area contributed by atoms with Crippen molar-refractivity contribution in [1.82, 2.24) is 5.32 Å². The lowest BCUT2D eigenvalue weighted by Crippen LogP contribution is -2.36. The van der Waals surface area contributed by atoms with E-state index in [9.17, 15) is 0 Å². The highest BCUT2D eigenvalue weighted by molar-refractivity contribution is 4.81. The van der Waals surface area contributed by atoms with Gasteiger partial charge in [0, 0.05) is 12.6 Å². The molecule has 4 unspecified atom stereocenters. The third-order valence-electron chi connectivity index (χ3n) is 4.43. The van der Waals surface area contributed by atoms with E-state index >= 15 is 0 Å². The zero-order valence-electron chi connectivity index (χ0n) is 13.9. The van der Waals surface area contributed by atoms with Crippen molar-refractivity contribution >= 4 is 0 Å². The second-order valence-corrected chi connectivity index (χ2v) is 7.37. The maximum absolute atomic E-state index is 6.28. The summed E-state index contributed by atoms with van der Waals surface area (Å²) in [7, 11) is 0. The Morgan fingerprint density at radius 2 is 1.79 bits per heavy atom. The molecule has 0 aliphatic heterocycles. The zero-order valence-corrected chi connectivity index (χ0v) is 13.9. The van der Waals surface area contributed by atoms with Gasteiger partial charge in [-0.1, -0.05) is 48.0 Å². The summed E-state index contributed by atoms with van der Waals surface area (Å²) in [5, 5.41) is 3.50. The number of hydrogen-bond donors (Lipinski definition) is 1. The molecule has 0 aromatic rings. The second kappa shape index (κ2) is 8.26. The summed E-state index contributed by atoms with van der Waals surface area (Å²) < 4.78 is 6.28. The molecule has 0 radical (unpaired) electrons. The van der Waals surface area contributed by atoms with Crippen LogP contribution in [0, 0.1) is 23.7 Å². The summed E-state index contributed by atoms with van der Waals surface area (Å²) in [5.74, 6) is 2.96. The summed E-state index contributed by atoms with van der Waals surface area (Å²) >= 11 is 0. The van der Waals surface area contributed by atoms with Crippen molar-refractivity contribution in [3.8, 4) is 0 Å². The molecule has 0 aromatic carbocycles. The van der Waals surface area contributed by atoms with Crippen LogP contribution in [0.3, 0.4) is 0 Å². The highest BCUT2D eigenvalue weighted by Gasteiger charge is 2.31. The Morgan fingerprint density at radius 3 is 2.37 bits per heavy atom. The van der Waals surface area contributed by atoms with Crippen molar-refractivity contribution in [2.45, 2.75) is 73.0 Å². The topological polar surface area (TPSA) is 21.3 Å². The van der Waals surface area contributed by atoms with Gasteiger partial charge in [-0.15, -0.1) is 0 Å². The summed E-state index contributed by atoms with van der Waals surface area (Å²) in [6.07, 6.45) is 4.48. The van der Waals surface area contributed by atoms with Crippen LogP contribution in [0.2, 0.25) is 0 Å². The lowest BCUT2D eigenvalue weighted by atomic mass is 9.75. The molecule has 19 heavy (non-hydrogen) atoms. The third-order valence-corrected chi connectivity index (χ3v) is 4.43. The van der Waals surface area contributed by atoms with Gasteiger partial charge in [0.2, 0.25) is 0 Å². The minimum absolute atomic E-state index is 0.491. The van der Waals surface area contributed by atoms with Gasteiger partial charge in [-0.3, -0.25) is 0 Å². The van der Waals surface area contributed by atoms with Gasteiger partial charge in [-0.2, -0.15) is 0 Å². The lowest BCUT2D eigenvalue weighted by Gasteiger charge is -2.37. The van der Waals surface area contributed by atoms with Crippen molar-refractivity contribution < 1.29 is 4.74 Å². The predicted octanol–water partition coefficient (Wildman–Crippen LogP) is 4.10. The van der Waals surface area contributed by atoms with Crippen LogP contribution in [0.25, 0.3) is 0 Å². The smallest absolute Gasteiger partial charge is 0.0608 e. The van der Waals surface area contributed by atoms with E-state index in [1.165, 1.54) is 19.3 Å². The molecule has 0 aromatic heterocycles. The Kier molecular flexibility index (Phi) is 7.38. The molecule has 1 fully saturated rings. The molecule has 0 bridgehead atoms. The Morgan fingerprint density at radius 1 is 1.11 bits per heavy atom. The zero-order chi connectivity index (χ0) is 14.4. The molecule has 0 saturated heterocycles. The monoisotopic (exact) mass is 269 g/mol. The molecule has 0 amide bonds. The first-order valence-corrected chi connectivity index (χ1v) is 8.25. The van der Waals surface area contributed by atoms with E-state index in [0.29, 0.717) is 18.1 Å². The molecule has 1 N–H and O–H groups in total. The summed E-state index contributed by atoms with van der Waals surface area (Å²) in [6, 6.07) is 0.570. The molecule has 1 rings (SSSR count). The third kappa shape index (κ3) is 6.27. The van der Waals surface area contributed by atoms with Gasteiger partial charge in [-0.25, -0.2) is 0 Å². The van der Waals surface area contributed by atoms with Gasteiger partial charge in [0.25, 0.3) is 0 Å². The first-order valence-electron chi connectivity index (χ1n) is 8.25. The van der Waals surface area contributed by atoms with Crippen molar-refractivity contribution in [1.29, 1.82) is 0 Å². The normalized spacial score (nSPS) is 30.0. The van der Waals surface area contributed by atoms with E-state index in [1.54, 1.807) is 0 Å². The fourth-order valence-electron chi connectivity index (χ4n) is 3.09. The maximum atomic E-state index is 6.28. The molecule has 2 nitrogen and oxygen atoms in total. The molecular formula is C17H35NO. The summed E-state index contributed by atoms with van der Waals surface area (Å²) in [6.45, 7) is 15.7. The van der Waals surface area contributed by atoms with Gasteiger partial charge in [0.05, 0.1) is 12.7 Å². The van der Waals surface area contributed by atoms with Crippen LogP contribution in [0.4, 0.5) is 0 Å². The van der Waals surface area contributed by atoms with Gasteiger partial charge in [-0.05, 0) is 36.5 Å². The Hall–Kier alpha value is -0.0800. The molecule has 1 saturated carbocycles.